The normalized spacial score (nSPS) is 18.8. The maximum atomic E-state index is 12.9. The van der Waals surface area contributed by atoms with E-state index in [1.165, 1.54) is 12.1 Å². The summed E-state index contributed by atoms with van der Waals surface area (Å²) in [5.41, 5.74) is 6.11. The second kappa shape index (κ2) is 5.01. The Morgan fingerprint density at radius 1 is 1.45 bits per heavy atom. The number of nitrogens with zero attached hydrogens (tertiary/aromatic N) is 3. The van der Waals surface area contributed by atoms with Crippen LogP contribution in [0, 0.1) is 5.82 Å². The molecular formula is C13H13FN4O2. The van der Waals surface area contributed by atoms with Crippen LogP contribution < -0.4 is 5.73 Å². The quantitative estimate of drug-likeness (QED) is 0.908. The van der Waals surface area contributed by atoms with Gasteiger partial charge in [-0.05, 0) is 24.1 Å². The molecule has 1 atom stereocenters. The van der Waals surface area contributed by atoms with E-state index in [1.807, 2.05) is 0 Å². The van der Waals surface area contributed by atoms with Gasteiger partial charge in [-0.2, -0.15) is 4.98 Å². The fourth-order valence-electron chi connectivity index (χ4n) is 2.29. The van der Waals surface area contributed by atoms with Gasteiger partial charge in [0, 0.05) is 12.6 Å². The number of rotatable bonds is 4. The molecule has 1 aliphatic rings. The van der Waals surface area contributed by atoms with Crippen molar-refractivity contribution in [2.24, 2.45) is 5.73 Å². The van der Waals surface area contributed by atoms with Crippen LogP contribution in [-0.2, 0) is 6.54 Å². The highest BCUT2D eigenvalue weighted by Gasteiger charge is 2.30. The van der Waals surface area contributed by atoms with Gasteiger partial charge in [-0.3, -0.25) is 9.69 Å². The molecule has 2 N–H and O–H groups in total. The van der Waals surface area contributed by atoms with Crippen molar-refractivity contribution < 1.29 is 13.7 Å². The molecule has 0 radical (unpaired) electrons. The Morgan fingerprint density at radius 2 is 2.20 bits per heavy atom. The first-order valence-corrected chi connectivity index (χ1v) is 6.25. The Hall–Kier alpha value is -2.28. The van der Waals surface area contributed by atoms with Crippen molar-refractivity contribution in [1.82, 2.24) is 15.0 Å². The van der Waals surface area contributed by atoms with Crippen molar-refractivity contribution >= 4 is 5.91 Å². The summed E-state index contributed by atoms with van der Waals surface area (Å²) in [4.78, 5) is 16.9. The molecule has 1 aliphatic heterocycles. The third-order valence-electron chi connectivity index (χ3n) is 3.41. The lowest BCUT2D eigenvalue weighted by Gasteiger charge is -2.40. The lowest BCUT2D eigenvalue weighted by Crippen LogP contribution is -2.40. The zero-order valence-electron chi connectivity index (χ0n) is 10.6. The first-order chi connectivity index (χ1) is 9.63. The number of primary amides is 1. The van der Waals surface area contributed by atoms with Crippen molar-refractivity contribution in [2.45, 2.75) is 19.0 Å². The SMILES string of the molecule is NC(=O)c1noc(CN2CC[C@@H]2c2ccc(F)cc2)n1. The van der Waals surface area contributed by atoms with Gasteiger partial charge in [-0.25, -0.2) is 4.39 Å². The van der Waals surface area contributed by atoms with E-state index >= 15 is 0 Å². The number of aromatic nitrogens is 2. The monoisotopic (exact) mass is 276 g/mol. The smallest absolute Gasteiger partial charge is 0.290 e. The van der Waals surface area contributed by atoms with Crippen LogP contribution >= 0.6 is 0 Å². The fourth-order valence-corrected chi connectivity index (χ4v) is 2.29. The zero-order valence-corrected chi connectivity index (χ0v) is 10.6. The summed E-state index contributed by atoms with van der Waals surface area (Å²) in [7, 11) is 0. The van der Waals surface area contributed by atoms with E-state index in [9.17, 15) is 9.18 Å². The lowest BCUT2D eigenvalue weighted by atomic mass is 9.95. The maximum absolute atomic E-state index is 12.9. The molecule has 1 aromatic heterocycles. The van der Waals surface area contributed by atoms with Crippen molar-refractivity contribution in [2.75, 3.05) is 6.54 Å². The molecule has 1 fully saturated rings. The summed E-state index contributed by atoms with van der Waals surface area (Å²) in [5.74, 6) is -0.717. The van der Waals surface area contributed by atoms with Crippen molar-refractivity contribution in [3.63, 3.8) is 0 Å². The van der Waals surface area contributed by atoms with Gasteiger partial charge in [-0.15, -0.1) is 0 Å². The van der Waals surface area contributed by atoms with Gasteiger partial charge < -0.3 is 10.3 Å². The third-order valence-corrected chi connectivity index (χ3v) is 3.41. The first kappa shape index (κ1) is 12.7. The van der Waals surface area contributed by atoms with Gasteiger partial charge in [0.2, 0.25) is 5.89 Å². The number of likely N-dealkylation sites (tertiary alicyclic amines) is 1. The number of hydrogen-bond donors (Lipinski definition) is 1. The minimum atomic E-state index is -0.710. The molecule has 1 saturated heterocycles. The molecule has 0 unspecified atom stereocenters. The molecule has 2 aromatic rings. The first-order valence-electron chi connectivity index (χ1n) is 6.25. The molecule has 0 saturated carbocycles. The van der Waals surface area contributed by atoms with E-state index in [0.29, 0.717) is 12.4 Å². The number of amides is 1. The molecule has 104 valence electrons. The molecule has 0 aliphatic carbocycles. The summed E-state index contributed by atoms with van der Waals surface area (Å²) >= 11 is 0. The molecule has 6 nitrogen and oxygen atoms in total. The maximum Gasteiger partial charge on any atom is 0.290 e. The molecule has 20 heavy (non-hydrogen) atoms. The largest absolute Gasteiger partial charge is 0.363 e. The molecule has 0 spiro atoms. The predicted octanol–water partition coefficient (Wildman–Crippen LogP) is 1.25. The summed E-state index contributed by atoms with van der Waals surface area (Å²) < 4.78 is 17.9. The fraction of sp³-hybridized carbons (Fsp3) is 0.308. The highest BCUT2D eigenvalue weighted by atomic mass is 19.1. The summed E-state index contributed by atoms with van der Waals surface area (Å²) in [6, 6.07) is 6.65. The van der Waals surface area contributed by atoms with Crippen LogP contribution in [0.3, 0.4) is 0 Å². The number of carbonyl (C=O) groups is 1. The van der Waals surface area contributed by atoms with Crippen LogP contribution in [0.5, 0.6) is 0 Å². The Morgan fingerprint density at radius 3 is 2.75 bits per heavy atom. The highest BCUT2D eigenvalue weighted by molar-refractivity contribution is 5.88. The minimum Gasteiger partial charge on any atom is -0.363 e. The molecule has 1 aromatic carbocycles. The van der Waals surface area contributed by atoms with E-state index in [2.05, 4.69) is 15.0 Å². The van der Waals surface area contributed by atoms with E-state index in [0.717, 1.165) is 18.5 Å². The van der Waals surface area contributed by atoms with Crippen LogP contribution in [0.2, 0.25) is 0 Å². The van der Waals surface area contributed by atoms with Crippen LogP contribution in [0.25, 0.3) is 0 Å². The third kappa shape index (κ3) is 2.39. The molecule has 1 amide bonds. The van der Waals surface area contributed by atoms with Crippen LogP contribution in [-0.4, -0.2) is 27.5 Å². The molecule has 7 heteroatoms. The summed E-state index contributed by atoms with van der Waals surface area (Å²) in [6.45, 7) is 1.33. The topological polar surface area (TPSA) is 85.2 Å². The second-order valence-electron chi connectivity index (χ2n) is 4.70. The van der Waals surface area contributed by atoms with Gasteiger partial charge in [0.1, 0.15) is 5.82 Å². The second-order valence-corrected chi connectivity index (χ2v) is 4.70. The number of benzene rings is 1. The van der Waals surface area contributed by atoms with Gasteiger partial charge in [0.05, 0.1) is 6.54 Å². The Balaban J connectivity index is 1.68. The van der Waals surface area contributed by atoms with Crippen molar-refractivity contribution in [3.8, 4) is 0 Å². The standard InChI is InChI=1S/C13H13FN4O2/c14-9-3-1-8(2-4-9)10-5-6-18(10)7-11-16-13(12(15)19)17-20-11/h1-4,10H,5-7H2,(H2,15,19)/t10-/m1/s1. The predicted molar refractivity (Wildman–Crippen MR) is 67.0 cm³/mol. The van der Waals surface area contributed by atoms with E-state index in [4.69, 9.17) is 10.3 Å². The average molecular weight is 276 g/mol. The van der Waals surface area contributed by atoms with Gasteiger partial charge in [0.15, 0.2) is 0 Å². The molecular weight excluding hydrogens is 263 g/mol. The van der Waals surface area contributed by atoms with Gasteiger partial charge in [-0.1, -0.05) is 17.3 Å². The van der Waals surface area contributed by atoms with E-state index in [1.54, 1.807) is 12.1 Å². The Labute approximate surface area is 114 Å². The Kier molecular flexibility index (Phi) is 3.19. The van der Waals surface area contributed by atoms with Crippen LogP contribution in [0.1, 0.15) is 34.5 Å². The number of hydrogen-bond acceptors (Lipinski definition) is 5. The summed E-state index contributed by atoms with van der Waals surface area (Å²) in [5, 5.41) is 3.50. The van der Waals surface area contributed by atoms with Crippen molar-refractivity contribution in [3.05, 3.63) is 47.4 Å². The zero-order chi connectivity index (χ0) is 14.1. The van der Waals surface area contributed by atoms with Crippen molar-refractivity contribution in [1.29, 1.82) is 0 Å². The number of nitrogens with two attached hydrogens (primary N) is 1. The minimum absolute atomic E-state index is 0.112. The molecule has 2 heterocycles. The molecule has 0 bridgehead atoms. The van der Waals surface area contributed by atoms with Gasteiger partial charge in [0.25, 0.3) is 11.7 Å². The highest BCUT2D eigenvalue weighted by Crippen LogP contribution is 2.34. The van der Waals surface area contributed by atoms with Crippen LogP contribution in [0.4, 0.5) is 4.39 Å². The average Bonchev–Trinajstić information content (AvgIpc) is 2.86. The number of halogens is 1. The lowest BCUT2D eigenvalue weighted by molar-refractivity contribution is 0.0690. The van der Waals surface area contributed by atoms with Crippen LogP contribution in [0.15, 0.2) is 28.8 Å². The van der Waals surface area contributed by atoms with E-state index in [-0.39, 0.29) is 17.7 Å². The molecule has 3 rings (SSSR count). The summed E-state index contributed by atoms with van der Waals surface area (Å²) in [6.07, 6.45) is 0.989. The van der Waals surface area contributed by atoms with Gasteiger partial charge >= 0.3 is 0 Å². The Bertz CT molecular complexity index is 626. The number of carbonyl (C=O) groups excluding carboxylic acids is 1. The van der Waals surface area contributed by atoms with E-state index < -0.39 is 5.91 Å².